The van der Waals surface area contributed by atoms with E-state index in [2.05, 4.69) is 98.0 Å². The third-order valence-corrected chi connectivity index (χ3v) is 6.37. The molecule has 0 spiro atoms. The number of benzene rings is 5. The first-order chi connectivity index (χ1) is 15.5. The molecule has 0 radical (unpaired) electrons. The Balaban J connectivity index is 1.77. The van der Waals surface area contributed by atoms with Crippen molar-refractivity contribution in [2.75, 3.05) is 0 Å². The summed E-state index contributed by atoms with van der Waals surface area (Å²) in [6.07, 6.45) is 0. The van der Waals surface area contributed by atoms with Gasteiger partial charge in [0.15, 0.2) is 0 Å². The molecular weight excluding hydrogens is 390 g/mol. The van der Waals surface area contributed by atoms with Crippen LogP contribution in [0.2, 0.25) is 0 Å². The Morgan fingerprint density at radius 1 is 0.625 bits per heavy atom. The van der Waals surface area contributed by atoms with Gasteiger partial charge in [-0.1, -0.05) is 103 Å². The van der Waals surface area contributed by atoms with Crippen LogP contribution in [0.4, 0.5) is 0 Å². The van der Waals surface area contributed by atoms with Crippen molar-refractivity contribution in [3.8, 4) is 5.75 Å². The second-order valence-corrected chi connectivity index (χ2v) is 8.86. The van der Waals surface area contributed by atoms with Gasteiger partial charge in [0.25, 0.3) is 0 Å². The molecule has 0 saturated heterocycles. The predicted molar refractivity (Wildman–Crippen MR) is 134 cm³/mol. The maximum Gasteiger partial charge on any atom is 0.121 e. The molecule has 32 heavy (non-hydrogen) atoms. The lowest BCUT2D eigenvalue weighted by atomic mass is 9.86. The van der Waals surface area contributed by atoms with Crippen LogP contribution >= 0.6 is 0 Å². The van der Waals surface area contributed by atoms with Crippen molar-refractivity contribution in [3.63, 3.8) is 0 Å². The first kappa shape index (κ1) is 20.3. The van der Waals surface area contributed by atoms with Crippen LogP contribution in [0.25, 0.3) is 21.5 Å². The van der Waals surface area contributed by atoms with E-state index < -0.39 is 0 Å². The maximum absolute atomic E-state index is 11.1. The molecule has 2 nitrogen and oxygen atoms in total. The number of hydrogen-bond acceptors (Lipinski definition) is 2. The van der Waals surface area contributed by atoms with Gasteiger partial charge in [0.05, 0.1) is 6.04 Å². The zero-order chi connectivity index (χ0) is 22.1. The Morgan fingerprint density at radius 2 is 1.22 bits per heavy atom. The molecule has 0 fully saturated rings. The van der Waals surface area contributed by atoms with Crippen molar-refractivity contribution >= 4 is 21.5 Å². The number of rotatable bonds is 5. The van der Waals surface area contributed by atoms with Gasteiger partial charge in [0.1, 0.15) is 5.75 Å². The highest BCUT2D eigenvalue weighted by molar-refractivity contribution is 5.91. The van der Waals surface area contributed by atoms with Crippen LogP contribution in [0.15, 0.2) is 109 Å². The number of phenols is 1. The quantitative estimate of drug-likeness (QED) is 0.314. The summed E-state index contributed by atoms with van der Waals surface area (Å²) >= 11 is 0. The summed E-state index contributed by atoms with van der Waals surface area (Å²) in [5, 5.41) is 19.6. The Bertz CT molecular complexity index is 1380. The van der Waals surface area contributed by atoms with E-state index in [1.54, 1.807) is 0 Å². The van der Waals surface area contributed by atoms with E-state index >= 15 is 0 Å². The van der Waals surface area contributed by atoms with Crippen LogP contribution in [0.5, 0.6) is 5.75 Å². The van der Waals surface area contributed by atoms with Gasteiger partial charge in [0.2, 0.25) is 0 Å². The largest absolute Gasteiger partial charge is 0.508 e. The fraction of sp³-hybridized carbons (Fsp3) is 0.133. The summed E-state index contributed by atoms with van der Waals surface area (Å²) in [7, 11) is 0. The van der Waals surface area contributed by atoms with E-state index in [9.17, 15) is 5.11 Å². The first-order valence-corrected chi connectivity index (χ1v) is 11.1. The summed E-state index contributed by atoms with van der Waals surface area (Å²) in [5.74, 6) is 0.304. The van der Waals surface area contributed by atoms with Crippen molar-refractivity contribution in [2.45, 2.75) is 25.4 Å². The van der Waals surface area contributed by atoms with Gasteiger partial charge in [-0.3, -0.25) is 5.32 Å². The molecule has 158 valence electrons. The standard InChI is InChI=1S/C30H27NO/c1-30(2,23-14-4-3-5-15-23)31-29(26-18-10-13-21-11-6-8-16-24(21)26)28-25-17-9-7-12-22(25)19-20-27(28)32/h3-20,29,31-32H,1-2H3/t29-/m1/s1. The van der Waals surface area contributed by atoms with Gasteiger partial charge in [0, 0.05) is 11.1 Å². The molecule has 0 heterocycles. The first-order valence-electron chi connectivity index (χ1n) is 11.1. The fourth-order valence-corrected chi connectivity index (χ4v) is 4.69. The van der Waals surface area contributed by atoms with E-state index in [4.69, 9.17) is 0 Å². The maximum atomic E-state index is 11.1. The van der Waals surface area contributed by atoms with Crippen LogP contribution in [0, 0.1) is 0 Å². The molecule has 0 bridgehead atoms. The number of hydrogen-bond donors (Lipinski definition) is 2. The monoisotopic (exact) mass is 417 g/mol. The van der Waals surface area contributed by atoms with E-state index in [1.165, 1.54) is 16.3 Å². The third-order valence-electron chi connectivity index (χ3n) is 6.37. The zero-order valence-electron chi connectivity index (χ0n) is 18.4. The Morgan fingerprint density at radius 3 is 1.97 bits per heavy atom. The van der Waals surface area contributed by atoms with Crippen LogP contribution < -0.4 is 5.32 Å². The molecule has 0 amide bonds. The smallest absolute Gasteiger partial charge is 0.121 e. The second-order valence-electron chi connectivity index (χ2n) is 8.86. The zero-order valence-corrected chi connectivity index (χ0v) is 18.4. The Labute approximate surface area is 189 Å². The number of aromatic hydroxyl groups is 1. The minimum Gasteiger partial charge on any atom is -0.508 e. The average Bonchev–Trinajstić information content (AvgIpc) is 2.83. The lowest BCUT2D eigenvalue weighted by molar-refractivity contribution is 0.364. The van der Waals surface area contributed by atoms with Crippen LogP contribution in [0.1, 0.15) is 36.6 Å². The lowest BCUT2D eigenvalue weighted by Crippen LogP contribution is -2.40. The second kappa shape index (κ2) is 8.14. The van der Waals surface area contributed by atoms with Crippen molar-refractivity contribution < 1.29 is 5.11 Å². The number of fused-ring (bicyclic) bond motifs is 2. The summed E-state index contributed by atoms with van der Waals surface area (Å²) in [4.78, 5) is 0. The molecule has 1 atom stereocenters. The van der Waals surface area contributed by atoms with Crippen molar-refractivity contribution in [1.82, 2.24) is 5.32 Å². The fourth-order valence-electron chi connectivity index (χ4n) is 4.69. The predicted octanol–water partition coefficient (Wildman–Crippen LogP) is 7.31. The molecule has 2 heteroatoms. The van der Waals surface area contributed by atoms with Crippen LogP contribution in [-0.2, 0) is 5.54 Å². The Kier molecular flexibility index (Phi) is 5.16. The summed E-state index contributed by atoms with van der Waals surface area (Å²) < 4.78 is 0. The van der Waals surface area contributed by atoms with E-state index in [0.29, 0.717) is 5.75 Å². The molecule has 2 N–H and O–H groups in total. The van der Waals surface area contributed by atoms with Gasteiger partial charge < -0.3 is 5.11 Å². The van der Waals surface area contributed by atoms with Gasteiger partial charge in [-0.15, -0.1) is 0 Å². The molecule has 5 aromatic rings. The molecule has 0 saturated carbocycles. The van der Waals surface area contributed by atoms with E-state index in [0.717, 1.165) is 21.9 Å². The minimum atomic E-state index is -0.327. The summed E-state index contributed by atoms with van der Waals surface area (Å²) in [5.41, 5.74) is 2.93. The highest BCUT2D eigenvalue weighted by atomic mass is 16.3. The lowest BCUT2D eigenvalue weighted by Gasteiger charge is -2.34. The van der Waals surface area contributed by atoms with Crippen molar-refractivity contribution in [2.24, 2.45) is 0 Å². The SMILES string of the molecule is CC(C)(N[C@H](c1cccc2ccccc12)c1c(O)ccc2ccccc12)c1ccccc1. The van der Waals surface area contributed by atoms with Gasteiger partial charge in [-0.05, 0) is 52.6 Å². The molecule has 0 unspecified atom stereocenters. The molecule has 5 aromatic carbocycles. The van der Waals surface area contributed by atoms with Gasteiger partial charge in [-0.25, -0.2) is 0 Å². The highest BCUT2D eigenvalue weighted by Crippen LogP contribution is 2.40. The summed E-state index contributed by atoms with van der Waals surface area (Å²) in [6.45, 7) is 4.39. The normalized spacial score (nSPS) is 12.8. The molecular formula is C30H27NO. The van der Waals surface area contributed by atoms with Gasteiger partial charge >= 0.3 is 0 Å². The number of nitrogens with one attached hydrogen (secondary N) is 1. The Hall–Kier alpha value is -3.62. The van der Waals surface area contributed by atoms with E-state index in [1.807, 2.05) is 30.3 Å². The summed E-state index contributed by atoms with van der Waals surface area (Å²) in [6, 6.07) is 37.2. The third kappa shape index (κ3) is 3.63. The average molecular weight is 418 g/mol. The van der Waals surface area contributed by atoms with Crippen molar-refractivity contribution in [3.05, 3.63) is 126 Å². The van der Waals surface area contributed by atoms with Gasteiger partial charge in [-0.2, -0.15) is 0 Å². The van der Waals surface area contributed by atoms with Crippen LogP contribution in [0.3, 0.4) is 0 Å². The molecule has 0 aromatic heterocycles. The minimum absolute atomic E-state index is 0.206. The molecule has 0 aliphatic carbocycles. The van der Waals surface area contributed by atoms with Crippen LogP contribution in [-0.4, -0.2) is 5.11 Å². The molecule has 0 aliphatic rings. The molecule has 5 rings (SSSR count). The highest BCUT2D eigenvalue weighted by Gasteiger charge is 2.29. The molecule has 0 aliphatic heterocycles. The van der Waals surface area contributed by atoms with E-state index in [-0.39, 0.29) is 11.6 Å². The number of phenolic OH excluding ortho intramolecular Hbond substituents is 1. The topological polar surface area (TPSA) is 32.3 Å². The van der Waals surface area contributed by atoms with Crippen molar-refractivity contribution in [1.29, 1.82) is 0 Å².